The molecule has 0 radical (unpaired) electrons. The molecule has 3 N–H and O–H groups in total. The monoisotopic (exact) mass is 291 g/mol. The van der Waals surface area contributed by atoms with E-state index in [1.165, 1.54) is 6.07 Å². The van der Waals surface area contributed by atoms with Gasteiger partial charge in [0.2, 0.25) is 0 Å². The van der Waals surface area contributed by atoms with Gasteiger partial charge in [-0.05, 0) is 29.8 Å². The highest BCUT2D eigenvalue weighted by Gasteiger charge is 2.30. The molecule has 0 spiro atoms. The fourth-order valence-electron chi connectivity index (χ4n) is 2.26. The van der Waals surface area contributed by atoms with Crippen LogP contribution in [-0.2, 0) is 12.7 Å². The number of nitrogens with one attached hydrogen (secondary N) is 1. The average molecular weight is 291 g/mol. The van der Waals surface area contributed by atoms with Crippen molar-refractivity contribution in [1.82, 2.24) is 9.97 Å². The zero-order valence-corrected chi connectivity index (χ0v) is 10.9. The molecular formula is C15H12F3N3. The average Bonchev–Trinajstić information content (AvgIpc) is 2.89. The Labute approximate surface area is 118 Å². The largest absolute Gasteiger partial charge is 0.416 e. The van der Waals surface area contributed by atoms with Crippen LogP contribution in [0.25, 0.3) is 22.2 Å². The van der Waals surface area contributed by atoms with Crippen molar-refractivity contribution in [1.29, 1.82) is 0 Å². The number of alkyl halides is 3. The molecule has 0 atom stereocenters. The Balaban J connectivity index is 2.12. The van der Waals surface area contributed by atoms with Gasteiger partial charge in [-0.25, -0.2) is 0 Å². The number of aromatic nitrogens is 2. The summed E-state index contributed by atoms with van der Waals surface area (Å²) in [5, 5.41) is 0.699. The van der Waals surface area contributed by atoms with Crippen molar-refractivity contribution in [2.75, 3.05) is 0 Å². The lowest BCUT2D eigenvalue weighted by Gasteiger charge is -2.06. The van der Waals surface area contributed by atoms with Crippen LogP contribution >= 0.6 is 0 Å². The standard InChI is InChI=1S/C15H12F3N3/c16-15(17,18)10-1-2-11-12(8-21-14(11)6-10)13-5-9(7-19)3-4-20-13/h1-6,8,21H,7,19H2. The lowest BCUT2D eigenvalue weighted by atomic mass is 10.1. The summed E-state index contributed by atoms with van der Waals surface area (Å²) in [5.41, 5.74) is 7.71. The van der Waals surface area contributed by atoms with E-state index < -0.39 is 11.7 Å². The first-order valence-corrected chi connectivity index (χ1v) is 6.33. The quantitative estimate of drug-likeness (QED) is 0.756. The molecule has 0 saturated heterocycles. The molecule has 0 aliphatic carbocycles. The minimum Gasteiger partial charge on any atom is -0.360 e. The van der Waals surface area contributed by atoms with E-state index in [9.17, 15) is 13.2 Å². The fourth-order valence-corrected chi connectivity index (χ4v) is 2.26. The van der Waals surface area contributed by atoms with Crippen LogP contribution in [0, 0.1) is 0 Å². The third-order valence-electron chi connectivity index (χ3n) is 3.35. The highest BCUT2D eigenvalue weighted by Crippen LogP contribution is 2.34. The molecular weight excluding hydrogens is 279 g/mol. The summed E-state index contributed by atoms with van der Waals surface area (Å²) >= 11 is 0. The van der Waals surface area contributed by atoms with E-state index in [-0.39, 0.29) is 0 Å². The summed E-state index contributed by atoms with van der Waals surface area (Å²) in [6, 6.07) is 7.28. The number of fused-ring (bicyclic) bond motifs is 1. The number of benzene rings is 1. The molecule has 3 aromatic rings. The number of nitrogens with two attached hydrogens (primary N) is 1. The summed E-state index contributed by atoms with van der Waals surface area (Å²) in [6.07, 6.45) is -1.05. The van der Waals surface area contributed by atoms with Crippen molar-refractivity contribution in [2.45, 2.75) is 12.7 Å². The van der Waals surface area contributed by atoms with Crippen molar-refractivity contribution in [3.05, 3.63) is 53.9 Å². The van der Waals surface area contributed by atoms with Crippen LogP contribution < -0.4 is 5.73 Å². The molecule has 0 aliphatic heterocycles. The van der Waals surface area contributed by atoms with Gasteiger partial charge in [-0.15, -0.1) is 0 Å². The lowest BCUT2D eigenvalue weighted by Crippen LogP contribution is -2.04. The molecule has 108 valence electrons. The molecule has 2 aromatic heterocycles. The maximum atomic E-state index is 12.7. The molecule has 0 unspecified atom stereocenters. The van der Waals surface area contributed by atoms with Crippen molar-refractivity contribution >= 4 is 10.9 Å². The van der Waals surface area contributed by atoms with E-state index in [1.54, 1.807) is 18.5 Å². The number of H-pyrrole nitrogens is 1. The van der Waals surface area contributed by atoms with Crippen LogP contribution in [0.4, 0.5) is 13.2 Å². The summed E-state index contributed by atoms with van der Waals surface area (Å²) in [6.45, 7) is 0.385. The Bertz CT molecular complexity index is 790. The highest BCUT2D eigenvalue weighted by atomic mass is 19.4. The smallest absolute Gasteiger partial charge is 0.360 e. The topological polar surface area (TPSA) is 54.7 Å². The molecule has 0 bridgehead atoms. The number of nitrogens with zero attached hydrogens (tertiary/aromatic N) is 1. The zero-order valence-electron chi connectivity index (χ0n) is 10.9. The van der Waals surface area contributed by atoms with Crippen molar-refractivity contribution in [3.63, 3.8) is 0 Å². The first-order chi connectivity index (χ1) is 9.99. The van der Waals surface area contributed by atoms with Gasteiger partial charge in [-0.3, -0.25) is 4.98 Å². The zero-order chi connectivity index (χ0) is 15.0. The maximum Gasteiger partial charge on any atom is 0.416 e. The summed E-state index contributed by atoms with van der Waals surface area (Å²) in [7, 11) is 0. The summed E-state index contributed by atoms with van der Waals surface area (Å²) in [5.74, 6) is 0. The third kappa shape index (κ3) is 2.50. The molecule has 0 saturated carbocycles. The second-order valence-electron chi connectivity index (χ2n) is 4.71. The highest BCUT2D eigenvalue weighted by molar-refractivity contribution is 5.95. The number of hydrogen-bond acceptors (Lipinski definition) is 2. The van der Waals surface area contributed by atoms with E-state index in [0.717, 1.165) is 23.3 Å². The Morgan fingerprint density at radius 3 is 2.67 bits per heavy atom. The number of halogens is 3. The van der Waals surface area contributed by atoms with Gasteiger partial charge in [-0.2, -0.15) is 13.2 Å². The van der Waals surface area contributed by atoms with Gasteiger partial charge in [0.05, 0.1) is 11.3 Å². The van der Waals surface area contributed by atoms with Crippen LogP contribution in [0.1, 0.15) is 11.1 Å². The van der Waals surface area contributed by atoms with Crippen molar-refractivity contribution < 1.29 is 13.2 Å². The predicted octanol–water partition coefficient (Wildman–Crippen LogP) is 3.71. The van der Waals surface area contributed by atoms with E-state index in [4.69, 9.17) is 5.73 Å². The Morgan fingerprint density at radius 2 is 1.95 bits per heavy atom. The van der Waals surface area contributed by atoms with Crippen LogP contribution in [-0.4, -0.2) is 9.97 Å². The molecule has 2 heterocycles. The summed E-state index contributed by atoms with van der Waals surface area (Å²) < 4.78 is 38.1. The number of rotatable bonds is 2. The normalized spacial score (nSPS) is 12.0. The second-order valence-corrected chi connectivity index (χ2v) is 4.71. The van der Waals surface area contributed by atoms with Crippen LogP contribution in [0.2, 0.25) is 0 Å². The minimum atomic E-state index is -4.35. The Kier molecular flexibility index (Phi) is 3.17. The van der Waals surface area contributed by atoms with E-state index in [2.05, 4.69) is 9.97 Å². The molecule has 6 heteroatoms. The van der Waals surface area contributed by atoms with E-state index in [1.807, 2.05) is 6.07 Å². The van der Waals surface area contributed by atoms with Gasteiger partial charge in [0, 0.05) is 35.4 Å². The van der Waals surface area contributed by atoms with Gasteiger partial charge in [0.25, 0.3) is 0 Å². The SMILES string of the molecule is NCc1ccnc(-c2c[nH]c3cc(C(F)(F)F)ccc23)c1. The van der Waals surface area contributed by atoms with Gasteiger partial charge in [0.1, 0.15) is 0 Å². The second kappa shape index (κ2) is 4.89. The van der Waals surface area contributed by atoms with Gasteiger partial charge in [0.15, 0.2) is 0 Å². The fraction of sp³-hybridized carbons (Fsp3) is 0.133. The minimum absolute atomic E-state index is 0.385. The van der Waals surface area contributed by atoms with E-state index in [0.29, 0.717) is 23.1 Å². The molecule has 0 amide bonds. The predicted molar refractivity (Wildman–Crippen MR) is 74.4 cm³/mol. The molecule has 0 fully saturated rings. The lowest BCUT2D eigenvalue weighted by molar-refractivity contribution is -0.137. The molecule has 3 nitrogen and oxygen atoms in total. The number of pyridine rings is 1. The van der Waals surface area contributed by atoms with Crippen LogP contribution in [0.5, 0.6) is 0 Å². The van der Waals surface area contributed by atoms with Crippen molar-refractivity contribution in [3.8, 4) is 11.3 Å². The summed E-state index contributed by atoms with van der Waals surface area (Å²) in [4.78, 5) is 7.12. The molecule has 0 aliphatic rings. The van der Waals surface area contributed by atoms with Gasteiger partial charge < -0.3 is 10.7 Å². The number of aromatic amines is 1. The molecule has 3 rings (SSSR count). The number of hydrogen-bond donors (Lipinski definition) is 2. The van der Waals surface area contributed by atoms with Crippen LogP contribution in [0.15, 0.2) is 42.7 Å². The van der Waals surface area contributed by atoms with Crippen molar-refractivity contribution in [2.24, 2.45) is 5.73 Å². The first-order valence-electron chi connectivity index (χ1n) is 6.33. The maximum absolute atomic E-state index is 12.7. The van der Waals surface area contributed by atoms with Gasteiger partial charge >= 0.3 is 6.18 Å². The van der Waals surface area contributed by atoms with Crippen LogP contribution in [0.3, 0.4) is 0 Å². The third-order valence-corrected chi connectivity index (χ3v) is 3.35. The van der Waals surface area contributed by atoms with Gasteiger partial charge in [-0.1, -0.05) is 6.07 Å². The first kappa shape index (κ1) is 13.6. The molecule has 1 aromatic carbocycles. The molecule has 21 heavy (non-hydrogen) atoms. The Morgan fingerprint density at radius 1 is 1.14 bits per heavy atom. The Hall–Kier alpha value is -2.34. The van der Waals surface area contributed by atoms with E-state index >= 15 is 0 Å².